The standard InChI is InChI=1S/C27H29N8.C2HF3O2/c1-33(2)21-12-10-19-16-20-11-13-22(34(3)4)18-25(20)35(24(19)17-21)15-7-9-26-29-31-27(32-30-26)23-8-5-6-14-28-23;3-2(4,5)1(6)7/h5-6,8,10-14,16-18H,7,9,15H2,1-4H3;(H,6,7)/q+1;/p-1. The minimum absolute atomic E-state index is 0.441. The summed E-state index contributed by atoms with van der Waals surface area (Å²) in [5.41, 5.74) is 5.45. The van der Waals surface area contributed by atoms with Crippen molar-refractivity contribution in [1.82, 2.24) is 25.4 Å². The number of fused-ring (bicyclic) bond motifs is 2. The van der Waals surface area contributed by atoms with Crippen molar-refractivity contribution in [3.05, 3.63) is 72.7 Å². The summed E-state index contributed by atoms with van der Waals surface area (Å²) in [7, 11) is 8.29. The van der Waals surface area contributed by atoms with Gasteiger partial charge in [-0.1, -0.05) is 6.07 Å². The predicted octanol–water partition coefficient (Wildman–Crippen LogP) is 2.99. The number of aliphatic carboxylic acids is 1. The quantitative estimate of drug-likeness (QED) is 0.212. The Kier molecular flexibility index (Phi) is 9.09. The van der Waals surface area contributed by atoms with Crippen LogP contribution in [0.2, 0.25) is 0 Å². The second kappa shape index (κ2) is 12.7. The van der Waals surface area contributed by atoms with Gasteiger partial charge in [-0.2, -0.15) is 17.7 Å². The molecule has 0 amide bonds. The van der Waals surface area contributed by atoms with Crippen LogP contribution < -0.4 is 19.5 Å². The van der Waals surface area contributed by atoms with E-state index in [1.165, 1.54) is 33.2 Å². The van der Waals surface area contributed by atoms with Crippen LogP contribution in [0.5, 0.6) is 0 Å². The Bertz CT molecular complexity index is 1610. The molecule has 0 unspecified atom stereocenters. The van der Waals surface area contributed by atoms with Gasteiger partial charge in [0.1, 0.15) is 18.2 Å². The topological polar surface area (TPSA) is 115 Å². The average molecular weight is 579 g/mol. The van der Waals surface area contributed by atoms with Crippen molar-refractivity contribution in [2.24, 2.45) is 0 Å². The van der Waals surface area contributed by atoms with Gasteiger partial charge in [-0.15, -0.1) is 20.4 Å². The average Bonchev–Trinajstić information content (AvgIpc) is 2.97. The largest absolute Gasteiger partial charge is 0.542 e. The summed E-state index contributed by atoms with van der Waals surface area (Å²) in [6, 6.07) is 21.1. The van der Waals surface area contributed by atoms with Crippen molar-refractivity contribution < 1.29 is 27.6 Å². The third kappa shape index (κ3) is 7.22. The molecule has 0 radical (unpaired) electrons. The number of benzene rings is 2. The van der Waals surface area contributed by atoms with Gasteiger partial charge >= 0.3 is 6.18 Å². The summed E-state index contributed by atoms with van der Waals surface area (Å²) < 4.78 is 34.0. The Morgan fingerprint density at radius 2 is 1.38 bits per heavy atom. The van der Waals surface area contributed by atoms with Gasteiger partial charge in [-0.3, -0.25) is 4.98 Å². The lowest BCUT2D eigenvalue weighted by atomic mass is 10.1. The van der Waals surface area contributed by atoms with Crippen molar-refractivity contribution in [1.29, 1.82) is 0 Å². The van der Waals surface area contributed by atoms with Crippen molar-refractivity contribution in [2.75, 3.05) is 38.0 Å². The van der Waals surface area contributed by atoms with Gasteiger partial charge in [-0.25, -0.2) is 0 Å². The van der Waals surface area contributed by atoms with Crippen LogP contribution in [0, 0.1) is 0 Å². The van der Waals surface area contributed by atoms with Crippen molar-refractivity contribution >= 4 is 39.1 Å². The number of anilines is 2. The van der Waals surface area contributed by atoms with Crippen LogP contribution in [0.4, 0.5) is 24.5 Å². The van der Waals surface area contributed by atoms with Gasteiger partial charge in [0.05, 0.1) is 0 Å². The molecule has 5 rings (SSSR count). The third-order valence-corrected chi connectivity index (χ3v) is 6.38. The Morgan fingerprint density at radius 3 is 1.83 bits per heavy atom. The number of aromatic nitrogens is 6. The maximum Gasteiger partial charge on any atom is 0.430 e. The maximum absolute atomic E-state index is 10.5. The van der Waals surface area contributed by atoms with Crippen LogP contribution in [-0.2, 0) is 17.8 Å². The molecule has 13 heteroatoms. The lowest BCUT2D eigenvalue weighted by Crippen LogP contribution is -2.37. The van der Waals surface area contributed by atoms with E-state index in [1.54, 1.807) is 6.20 Å². The molecule has 3 heterocycles. The Hall–Kier alpha value is -4.94. The second-order valence-electron chi connectivity index (χ2n) is 9.81. The number of aryl methyl sites for hydroxylation is 2. The highest BCUT2D eigenvalue weighted by atomic mass is 19.4. The van der Waals surface area contributed by atoms with Gasteiger partial charge in [0.15, 0.2) is 5.82 Å². The molecule has 0 saturated carbocycles. The minimum Gasteiger partial charge on any atom is -0.542 e. The first-order chi connectivity index (χ1) is 19.9. The van der Waals surface area contributed by atoms with Crippen LogP contribution in [0.25, 0.3) is 33.3 Å². The molecule has 0 N–H and O–H groups in total. The van der Waals surface area contributed by atoms with E-state index in [1.807, 2.05) is 18.2 Å². The summed E-state index contributed by atoms with van der Waals surface area (Å²) in [4.78, 5) is 17.3. The fourth-order valence-corrected chi connectivity index (χ4v) is 4.21. The summed E-state index contributed by atoms with van der Waals surface area (Å²) in [5, 5.41) is 28.3. The maximum atomic E-state index is 10.5. The normalized spacial score (nSPS) is 11.2. The highest BCUT2D eigenvalue weighted by Crippen LogP contribution is 2.25. The minimum atomic E-state index is -5.19. The summed E-state index contributed by atoms with van der Waals surface area (Å²) >= 11 is 0. The molecule has 0 spiro atoms. The number of rotatable bonds is 7. The molecule has 0 aliphatic heterocycles. The van der Waals surface area contributed by atoms with Gasteiger partial charge in [0.25, 0.3) is 0 Å². The number of carbonyl (C=O) groups excluding carboxylic acids is 1. The molecule has 10 nitrogen and oxygen atoms in total. The summed E-state index contributed by atoms with van der Waals surface area (Å²) in [6.07, 6.45) is -1.93. The smallest absolute Gasteiger partial charge is 0.430 e. The number of alkyl halides is 3. The van der Waals surface area contributed by atoms with Crippen molar-refractivity contribution in [3.8, 4) is 11.5 Å². The van der Waals surface area contributed by atoms with E-state index < -0.39 is 12.1 Å². The van der Waals surface area contributed by atoms with E-state index in [0.29, 0.717) is 23.8 Å². The Labute approximate surface area is 240 Å². The highest BCUT2D eigenvalue weighted by Gasteiger charge is 2.28. The van der Waals surface area contributed by atoms with Crippen LogP contribution in [0.15, 0.2) is 66.9 Å². The fourth-order valence-electron chi connectivity index (χ4n) is 4.21. The van der Waals surface area contributed by atoms with Crippen LogP contribution in [0.3, 0.4) is 0 Å². The number of halogens is 3. The van der Waals surface area contributed by atoms with Crippen LogP contribution in [-0.4, -0.2) is 65.7 Å². The highest BCUT2D eigenvalue weighted by molar-refractivity contribution is 5.91. The zero-order chi connectivity index (χ0) is 30.4. The number of hydrogen-bond acceptors (Lipinski definition) is 9. The number of carboxylic acids is 1. The van der Waals surface area contributed by atoms with Gasteiger partial charge in [0.2, 0.25) is 16.9 Å². The predicted molar refractivity (Wildman–Crippen MR) is 151 cm³/mol. The number of carbonyl (C=O) groups is 1. The van der Waals surface area contributed by atoms with Crippen molar-refractivity contribution in [2.45, 2.75) is 25.6 Å². The molecular formula is C29H29F3N8O2. The van der Waals surface area contributed by atoms with Crippen LogP contribution in [0.1, 0.15) is 12.2 Å². The van der Waals surface area contributed by atoms with Crippen LogP contribution >= 0.6 is 0 Å². The molecule has 0 saturated heterocycles. The second-order valence-corrected chi connectivity index (χ2v) is 9.81. The monoisotopic (exact) mass is 578 g/mol. The molecular weight excluding hydrogens is 549 g/mol. The zero-order valence-corrected chi connectivity index (χ0v) is 23.5. The molecule has 0 atom stereocenters. The molecule has 3 aromatic heterocycles. The lowest BCUT2D eigenvalue weighted by molar-refractivity contribution is -0.645. The molecule has 0 aliphatic rings. The van der Waals surface area contributed by atoms with Gasteiger partial charge in [0, 0.05) is 81.5 Å². The number of pyridine rings is 2. The number of carboxylic acid groups (broad SMARTS) is 1. The fraction of sp³-hybridized carbons (Fsp3) is 0.276. The molecule has 5 aromatic rings. The summed E-state index contributed by atoms with van der Waals surface area (Å²) in [5.74, 6) is -1.93. The number of hydrogen-bond donors (Lipinski definition) is 0. The first kappa shape index (κ1) is 30.0. The van der Waals surface area contributed by atoms with E-state index in [0.717, 1.165) is 13.0 Å². The van der Waals surface area contributed by atoms with E-state index >= 15 is 0 Å². The third-order valence-electron chi connectivity index (χ3n) is 6.38. The summed E-state index contributed by atoms with van der Waals surface area (Å²) in [6.45, 7) is 0.826. The van der Waals surface area contributed by atoms with E-state index in [-0.39, 0.29) is 0 Å². The molecule has 0 aliphatic carbocycles. The molecule has 42 heavy (non-hydrogen) atoms. The van der Waals surface area contributed by atoms with E-state index in [2.05, 4.69) is 110 Å². The molecule has 0 bridgehead atoms. The Balaban J connectivity index is 0.000000517. The van der Waals surface area contributed by atoms with Crippen molar-refractivity contribution in [3.63, 3.8) is 0 Å². The first-order valence-corrected chi connectivity index (χ1v) is 12.9. The molecule has 218 valence electrons. The SMILES string of the molecule is CN(C)c1ccc2cc3ccc(N(C)C)cc3[n+](CCCc3nnc(-c4ccccn4)nn3)c2c1.O=C([O-])C(F)(F)F. The number of nitrogens with zero attached hydrogens (tertiary/aromatic N) is 8. The van der Waals surface area contributed by atoms with Gasteiger partial charge < -0.3 is 19.7 Å². The van der Waals surface area contributed by atoms with E-state index in [9.17, 15) is 13.2 Å². The lowest BCUT2D eigenvalue weighted by Gasteiger charge is -2.15. The first-order valence-electron chi connectivity index (χ1n) is 12.9. The van der Waals surface area contributed by atoms with E-state index in [4.69, 9.17) is 9.90 Å². The molecule has 2 aromatic carbocycles. The van der Waals surface area contributed by atoms with Gasteiger partial charge in [-0.05, 0) is 42.5 Å². The zero-order valence-electron chi connectivity index (χ0n) is 23.5. The Morgan fingerprint density at radius 1 is 0.833 bits per heavy atom. The molecule has 0 fully saturated rings.